The van der Waals surface area contributed by atoms with E-state index in [0.29, 0.717) is 34.8 Å². The number of carbonyl (C=O) groups excluding carboxylic acids is 1. The first-order valence-corrected chi connectivity index (χ1v) is 10.4. The van der Waals surface area contributed by atoms with Crippen LogP contribution in [0.4, 0.5) is 0 Å². The number of halogens is 2. The number of hydrogen-bond donors (Lipinski definition) is 0. The molecule has 2 aromatic carbocycles. The molecule has 1 atom stereocenters. The first-order valence-electron chi connectivity index (χ1n) is 9.65. The van der Waals surface area contributed by atoms with Crippen molar-refractivity contribution in [3.05, 3.63) is 64.0 Å². The predicted octanol–water partition coefficient (Wildman–Crippen LogP) is 5.59. The topological polar surface area (TPSA) is 68.5 Å². The van der Waals surface area contributed by atoms with Crippen LogP contribution in [0.25, 0.3) is 11.4 Å². The zero-order chi connectivity index (χ0) is 21.7. The average molecular weight is 448 g/mol. The maximum absolute atomic E-state index is 12.6. The van der Waals surface area contributed by atoms with Crippen LogP contribution in [0.5, 0.6) is 5.75 Å². The van der Waals surface area contributed by atoms with Gasteiger partial charge in [-0.25, -0.2) is 0 Å². The van der Waals surface area contributed by atoms with Crippen molar-refractivity contribution in [2.45, 2.75) is 32.7 Å². The van der Waals surface area contributed by atoms with E-state index >= 15 is 0 Å². The lowest BCUT2D eigenvalue weighted by molar-refractivity contribution is -0.131. The molecule has 1 aromatic heterocycles. The Labute approximate surface area is 185 Å². The van der Waals surface area contributed by atoms with Crippen LogP contribution in [0.1, 0.15) is 37.8 Å². The summed E-state index contributed by atoms with van der Waals surface area (Å²) >= 11 is 12.2. The molecule has 1 heterocycles. The molecule has 30 heavy (non-hydrogen) atoms. The van der Waals surface area contributed by atoms with Crippen molar-refractivity contribution in [1.82, 2.24) is 15.0 Å². The van der Waals surface area contributed by atoms with E-state index in [1.807, 2.05) is 44.2 Å². The molecule has 0 saturated carbocycles. The fourth-order valence-electron chi connectivity index (χ4n) is 3.00. The Morgan fingerprint density at radius 3 is 2.60 bits per heavy atom. The lowest BCUT2D eigenvalue weighted by Gasteiger charge is -2.26. The van der Waals surface area contributed by atoms with Gasteiger partial charge < -0.3 is 14.2 Å². The summed E-state index contributed by atoms with van der Waals surface area (Å²) < 4.78 is 10.7. The molecule has 3 rings (SSSR count). The van der Waals surface area contributed by atoms with E-state index < -0.39 is 0 Å². The molecule has 0 aliphatic rings. The fourth-order valence-corrected chi connectivity index (χ4v) is 3.56. The minimum Gasteiger partial charge on any atom is -0.494 e. The van der Waals surface area contributed by atoms with Crippen molar-refractivity contribution in [1.29, 1.82) is 0 Å². The highest BCUT2D eigenvalue weighted by Gasteiger charge is 2.20. The van der Waals surface area contributed by atoms with Gasteiger partial charge in [0, 0.05) is 35.5 Å². The average Bonchev–Trinajstić information content (AvgIpc) is 3.21. The Bertz CT molecular complexity index is 1010. The van der Waals surface area contributed by atoms with Crippen molar-refractivity contribution >= 4 is 29.1 Å². The maximum Gasteiger partial charge on any atom is 0.227 e. The van der Waals surface area contributed by atoms with Crippen LogP contribution in [-0.4, -0.2) is 34.6 Å². The van der Waals surface area contributed by atoms with Crippen molar-refractivity contribution in [2.75, 3.05) is 13.7 Å². The number of nitrogens with zero attached hydrogens (tertiary/aromatic N) is 3. The summed E-state index contributed by atoms with van der Waals surface area (Å²) in [5.41, 5.74) is 1.66. The van der Waals surface area contributed by atoms with E-state index in [-0.39, 0.29) is 18.4 Å². The van der Waals surface area contributed by atoms with Crippen molar-refractivity contribution in [2.24, 2.45) is 0 Å². The molecule has 1 amide bonds. The van der Waals surface area contributed by atoms with Crippen molar-refractivity contribution in [3.8, 4) is 17.1 Å². The Morgan fingerprint density at radius 2 is 1.93 bits per heavy atom. The Hall–Kier alpha value is -2.57. The van der Waals surface area contributed by atoms with Gasteiger partial charge in [0.2, 0.25) is 17.6 Å². The van der Waals surface area contributed by atoms with Crippen LogP contribution < -0.4 is 4.74 Å². The number of carbonyl (C=O) groups is 1. The van der Waals surface area contributed by atoms with E-state index in [9.17, 15) is 4.79 Å². The molecule has 0 bridgehead atoms. The first kappa shape index (κ1) is 22.1. The number of benzene rings is 2. The standard InChI is InChI=1S/C22H23Cl2N3O3/c1-4-29-17-8-5-15(6-9-17)22-25-20(30-26-22)11-12-21(28)27(3)14(2)18-10-7-16(23)13-19(18)24/h5-10,13-14H,4,11-12H2,1-3H3. The Morgan fingerprint density at radius 1 is 1.20 bits per heavy atom. The Kier molecular flexibility index (Phi) is 7.34. The van der Waals surface area contributed by atoms with Crippen LogP contribution in [0.3, 0.4) is 0 Å². The largest absolute Gasteiger partial charge is 0.494 e. The summed E-state index contributed by atoms with van der Waals surface area (Å²) in [6, 6.07) is 12.5. The van der Waals surface area contributed by atoms with E-state index in [0.717, 1.165) is 16.9 Å². The maximum atomic E-state index is 12.6. The van der Waals surface area contributed by atoms with Crippen LogP contribution in [0, 0.1) is 0 Å². The highest BCUT2D eigenvalue weighted by molar-refractivity contribution is 6.35. The van der Waals surface area contributed by atoms with Gasteiger partial charge >= 0.3 is 0 Å². The van der Waals surface area contributed by atoms with Gasteiger partial charge in [-0.1, -0.05) is 34.4 Å². The number of hydrogen-bond acceptors (Lipinski definition) is 5. The highest BCUT2D eigenvalue weighted by Crippen LogP contribution is 2.29. The summed E-state index contributed by atoms with van der Waals surface area (Å²) in [7, 11) is 1.75. The molecular weight excluding hydrogens is 425 g/mol. The molecule has 0 fully saturated rings. The van der Waals surface area contributed by atoms with Gasteiger partial charge in [0.05, 0.1) is 12.6 Å². The number of amides is 1. The highest BCUT2D eigenvalue weighted by atomic mass is 35.5. The van der Waals surface area contributed by atoms with Gasteiger partial charge in [-0.05, 0) is 55.8 Å². The summed E-state index contributed by atoms with van der Waals surface area (Å²) in [5, 5.41) is 5.10. The molecule has 0 spiro atoms. The molecular formula is C22H23Cl2N3O3. The molecule has 0 saturated heterocycles. The van der Waals surface area contributed by atoms with Gasteiger partial charge in [-0.2, -0.15) is 4.98 Å². The molecule has 8 heteroatoms. The van der Waals surface area contributed by atoms with Crippen molar-refractivity contribution in [3.63, 3.8) is 0 Å². The minimum atomic E-state index is -0.190. The van der Waals surface area contributed by atoms with Gasteiger partial charge in [-0.3, -0.25) is 4.79 Å². The zero-order valence-corrected chi connectivity index (χ0v) is 18.6. The molecule has 1 unspecified atom stereocenters. The summed E-state index contributed by atoms with van der Waals surface area (Å²) in [6.07, 6.45) is 0.602. The van der Waals surface area contributed by atoms with Gasteiger partial charge in [0.1, 0.15) is 5.75 Å². The van der Waals surface area contributed by atoms with Gasteiger partial charge in [0.25, 0.3) is 0 Å². The minimum absolute atomic E-state index is 0.0469. The second-order valence-electron chi connectivity index (χ2n) is 6.82. The molecule has 0 aliphatic carbocycles. The summed E-state index contributed by atoms with van der Waals surface area (Å²) in [6.45, 7) is 4.46. The molecule has 0 aliphatic heterocycles. The zero-order valence-electron chi connectivity index (χ0n) is 17.1. The monoisotopic (exact) mass is 447 g/mol. The van der Waals surface area contributed by atoms with E-state index in [2.05, 4.69) is 10.1 Å². The molecule has 6 nitrogen and oxygen atoms in total. The first-order chi connectivity index (χ1) is 14.4. The van der Waals surface area contributed by atoms with Crippen molar-refractivity contribution < 1.29 is 14.1 Å². The van der Waals surface area contributed by atoms with Crippen LogP contribution in [0.15, 0.2) is 47.0 Å². The third kappa shape index (κ3) is 5.32. The number of ether oxygens (including phenoxy) is 1. The van der Waals surface area contributed by atoms with Crippen LogP contribution in [-0.2, 0) is 11.2 Å². The summed E-state index contributed by atoms with van der Waals surface area (Å²) in [4.78, 5) is 18.7. The molecule has 3 aromatic rings. The summed E-state index contributed by atoms with van der Waals surface area (Å²) in [5.74, 6) is 1.64. The van der Waals surface area contributed by atoms with E-state index in [4.69, 9.17) is 32.5 Å². The molecule has 158 valence electrons. The third-order valence-electron chi connectivity index (χ3n) is 4.83. The molecule has 0 N–H and O–H groups in total. The van der Waals surface area contributed by atoms with Crippen LogP contribution in [0.2, 0.25) is 10.0 Å². The normalized spacial score (nSPS) is 11.9. The third-order valence-corrected chi connectivity index (χ3v) is 5.39. The second kappa shape index (κ2) is 9.96. The lowest BCUT2D eigenvalue weighted by Crippen LogP contribution is -2.30. The Balaban J connectivity index is 1.59. The fraction of sp³-hybridized carbons (Fsp3) is 0.318. The van der Waals surface area contributed by atoms with Gasteiger partial charge in [0.15, 0.2) is 0 Å². The second-order valence-corrected chi connectivity index (χ2v) is 7.66. The molecule has 0 radical (unpaired) electrons. The SMILES string of the molecule is CCOc1ccc(-c2noc(CCC(=O)N(C)C(C)c3ccc(Cl)cc3Cl)n2)cc1. The number of rotatable bonds is 8. The predicted molar refractivity (Wildman–Crippen MR) is 117 cm³/mol. The van der Waals surface area contributed by atoms with Gasteiger partial charge in [-0.15, -0.1) is 0 Å². The lowest BCUT2D eigenvalue weighted by atomic mass is 10.1. The number of aromatic nitrogens is 2. The smallest absolute Gasteiger partial charge is 0.227 e. The van der Waals surface area contributed by atoms with E-state index in [1.54, 1.807) is 24.1 Å². The number of aryl methyl sites for hydroxylation is 1. The van der Waals surface area contributed by atoms with E-state index in [1.165, 1.54) is 0 Å². The quantitative estimate of drug-likeness (QED) is 0.449. The van der Waals surface area contributed by atoms with Crippen LogP contribution >= 0.6 is 23.2 Å².